The van der Waals surface area contributed by atoms with Gasteiger partial charge in [-0.2, -0.15) is 0 Å². The summed E-state index contributed by atoms with van der Waals surface area (Å²) in [5, 5.41) is 10.7. The minimum absolute atomic E-state index is 0.0789. The lowest BCUT2D eigenvalue weighted by molar-refractivity contribution is -0.131. The normalized spacial score (nSPS) is 17.7. The molecule has 264 valence electrons. The molecule has 1 aliphatic heterocycles. The van der Waals surface area contributed by atoms with Gasteiger partial charge in [-0.25, -0.2) is 4.79 Å². The summed E-state index contributed by atoms with van der Waals surface area (Å²) in [7, 11) is -2.06. The van der Waals surface area contributed by atoms with Crippen LogP contribution < -0.4 is 21.3 Å². The van der Waals surface area contributed by atoms with E-state index in [-0.39, 0.29) is 43.4 Å². The van der Waals surface area contributed by atoms with Gasteiger partial charge in [0.1, 0.15) is 24.7 Å². The average molecular weight is 680 g/mol. The zero-order chi connectivity index (χ0) is 35.1. The topological polar surface area (TPSA) is 172 Å². The fourth-order valence-electron chi connectivity index (χ4n) is 5.52. The highest BCUT2D eigenvalue weighted by Gasteiger charge is 2.37. The first-order valence-electron chi connectivity index (χ1n) is 16.5. The van der Waals surface area contributed by atoms with Crippen LogP contribution in [0.5, 0.6) is 0 Å². The quantitative estimate of drug-likeness (QED) is 0.170. The van der Waals surface area contributed by atoms with Gasteiger partial charge in [0, 0.05) is 25.7 Å². The van der Waals surface area contributed by atoms with E-state index in [4.69, 9.17) is 9.26 Å². The third-order valence-electron chi connectivity index (χ3n) is 7.82. The molecular formula is C33H54N5O8P. The highest BCUT2D eigenvalue weighted by molar-refractivity contribution is 7.59. The predicted molar refractivity (Wildman–Crippen MR) is 179 cm³/mol. The fourth-order valence-corrected chi connectivity index (χ4v) is 7.70. The molecule has 14 heteroatoms. The van der Waals surface area contributed by atoms with Crippen LogP contribution in [0.25, 0.3) is 0 Å². The van der Waals surface area contributed by atoms with Crippen LogP contribution in [-0.4, -0.2) is 85.4 Å². The summed E-state index contributed by atoms with van der Waals surface area (Å²) in [6.07, 6.45) is 0.810. The van der Waals surface area contributed by atoms with Crippen molar-refractivity contribution in [3.05, 3.63) is 35.9 Å². The Morgan fingerprint density at radius 1 is 0.936 bits per heavy atom. The summed E-state index contributed by atoms with van der Waals surface area (Å²) in [5.74, 6) is -2.28. The van der Waals surface area contributed by atoms with Crippen molar-refractivity contribution in [1.29, 1.82) is 0 Å². The number of rotatable bonds is 18. The summed E-state index contributed by atoms with van der Waals surface area (Å²) in [4.78, 5) is 66.1. The van der Waals surface area contributed by atoms with Crippen LogP contribution in [0, 0.1) is 17.8 Å². The molecule has 0 saturated carbocycles. The Balaban J connectivity index is 2.02. The van der Waals surface area contributed by atoms with Crippen LogP contribution in [0.3, 0.4) is 0 Å². The smallest absolute Gasteiger partial charge is 0.410 e. The first-order chi connectivity index (χ1) is 22.2. The fraction of sp³-hybridized carbons (Fsp3) is 0.667. The first-order valence-corrected chi connectivity index (χ1v) is 18.5. The molecule has 2 unspecified atom stereocenters. The lowest BCUT2D eigenvalue weighted by Gasteiger charge is -2.27. The van der Waals surface area contributed by atoms with Crippen LogP contribution in [0.1, 0.15) is 72.8 Å². The Morgan fingerprint density at radius 2 is 1.60 bits per heavy atom. The van der Waals surface area contributed by atoms with Crippen LogP contribution in [0.2, 0.25) is 0 Å². The molecule has 0 bridgehead atoms. The number of amides is 5. The number of carbonyl (C=O) groups is 5. The van der Waals surface area contributed by atoms with E-state index in [1.54, 1.807) is 6.92 Å². The van der Waals surface area contributed by atoms with Gasteiger partial charge < -0.3 is 30.5 Å². The molecule has 0 spiro atoms. The summed E-state index contributed by atoms with van der Waals surface area (Å²) in [6, 6.07) is 6.70. The Hall–Kier alpha value is -3.44. The second kappa shape index (κ2) is 19.4. The van der Waals surface area contributed by atoms with Crippen molar-refractivity contribution in [2.75, 3.05) is 32.6 Å². The number of nitrogens with zero attached hydrogens (tertiary/aromatic N) is 1. The highest BCUT2D eigenvalue weighted by atomic mass is 31.2. The third kappa shape index (κ3) is 13.3. The van der Waals surface area contributed by atoms with Crippen molar-refractivity contribution in [1.82, 2.24) is 26.2 Å². The summed E-state index contributed by atoms with van der Waals surface area (Å²) < 4.78 is 25.0. The van der Waals surface area contributed by atoms with Crippen molar-refractivity contribution < 1.29 is 37.8 Å². The number of ether oxygens (including phenoxy) is 1. The van der Waals surface area contributed by atoms with Crippen molar-refractivity contribution >= 4 is 37.1 Å². The van der Waals surface area contributed by atoms with Gasteiger partial charge in [-0.1, -0.05) is 58.0 Å². The monoisotopic (exact) mass is 679 g/mol. The molecule has 4 N–H and O–H groups in total. The van der Waals surface area contributed by atoms with E-state index in [0.29, 0.717) is 32.2 Å². The zero-order valence-electron chi connectivity index (χ0n) is 28.9. The number of hydrogen-bond donors (Lipinski definition) is 4. The van der Waals surface area contributed by atoms with Gasteiger partial charge in [0.15, 0.2) is 0 Å². The molecule has 1 aliphatic rings. The molecule has 0 aliphatic carbocycles. The number of carbonyl (C=O) groups excluding carboxylic acids is 5. The number of likely N-dealkylation sites (N-methyl/N-ethyl adjacent to an activating group) is 1. The van der Waals surface area contributed by atoms with Crippen LogP contribution >= 0.6 is 7.37 Å². The molecule has 0 radical (unpaired) electrons. The number of nitrogens with one attached hydrogen (secondary N) is 4. The van der Waals surface area contributed by atoms with Gasteiger partial charge in [0.05, 0.1) is 12.9 Å². The molecule has 1 heterocycles. The third-order valence-corrected chi connectivity index (χ3v) is 10.2. The second-order valence-corrected chi connectivity index (χ2v) is 15.4. The van der Waals surface area contributed by atoms with Crippen LogP contribution in [0.4, 0.5) is 4.79 Å². The number of hydrogen-bond acceptors (Lipinski definition) is 8. The molecule has 0 aromatic heterocycles. The minimum atomic E-state index is -3.57. The van der Waals surface area contributed by atoms with Crippen molar-refractivity contribution in [2.24, 2.45) is 17.8 Å². The first kappa shape index (κ1) is 39.7. The molecule has 1 aromatic rings. The summed E-state index contributed by atoms with van der Waals surface area (Å²) >= 11 is 0. The van der Waals surface area contributed by atoms with Crippen LogP contribution in [-0.2, 0) is 39.6 Å². The molecule has 13 nitrogen and oxygen atoms in total. The van der Waals surface area contributed by atoms with E-state index < -0.39 is 55.2 Å². The van der Waals surface area contributed by atoms with E-state index in [0.717, 1.165) is 5.56 Å². The molecule has 1 aromatic carbocycles. The Morgan fingerprint density at radius 3 is 2.19 bits per heavy atom. The molecule has 5 amide bonds. The Labute approximate surface area is 279 Å². The van der Waals surface area contributed by atoms with Crippen LogP contribution in [0.15, 0.2) is 30.3 Å². The van der Waals surface area contributed by atoms with Crippen molar-refractivity contribution in [3.8, 4) is 0 Å². The summed E-state index contributed by atoms with van der Waals surface area (Å²) in [5.41, 5.74) is 0.825. The molecule has 2 rings (SSSR count). The Kier molecular flexibility index (Phi) is 16.4. The zero-order valence-corrected chi connectivity index (χ0v) is 29.8. The molecule has 1 saturated heterocycles. The maximum absolute atomic E-state index is 14.0. The minimum Gasteiger partial charge on any atom is -0.445 e. The lowest BCUT2D eigenvalue weighted by Crippen LogP contribution is -2.52. The number of likely N-dealkylation sites (tertiary alicyclic amines) is 1. The maximum Gasteiger partial charge on any atom is 0.410 e. The van der Waals surface area contributed by atoms with E-state index >= 15 is 0 Å². The lowest BCUT2D eigenvalue weighted by atomic mass is 9.96. The SMILES string of the molecule is CCOP(=O)(CNC(=O)[C@H](C)NC(=O)[C@@H]1CCCN1C(=O)OCc1ccccc1)CC(CC(C)C)C(=O)N[C@@H](CC(C)C)C(=O)NC. The molecule has 47 heavy (non-hydrogen) atoms. The highest BCUT2D eigenvalue weighted by Crippen LogP contribution is 2.48. The van der Waals surface area contributed by atoms with Crippen molar-refractivity contribution in [3.63, 3.8) is 0 Å². The molecule has 5 atom stereocenters. The standard InChI is InChI=1S/C33H54N5O8P/c1-8-46-47(44,20-26(17-22(2)3)30(40)37-27(18-23(4)5)31(41)34-7)21-35-29(39)24(6)36-32(42)28-15-12-16-38(28)33(43)45-19-25-13-10-9-11-14-25/h9-11,13-14,22-24,26-28H,8,12,15-21H2,1-7H3,(H,34,41)(H,35,39)(H,36,42)(H,37,40)/t24-,26?,27-,28-,47?/m0/s1. The number of benzene rings is 1. The van der Waals surface area contributed by atoms with Gasteiger partial charge in [-0.3, -0.25) is 28.6 Å². The van der Waals surface area contributed by atoms with Gasteiger partial charge in [-0.15, -0.1) is 0 Å². The predicted octanol–water partition coefficient (Wildman–Crippen LogP) is 3.62. The van der Waals surface area contributed by atoms with E-state index in [1.165, 1.54) is 18.9 Å². The molecular weight excluding hydrogens is 625 g/mol. The summed E-state index contributed by atoms with van der Waals surface area (Å²) in [6.45, 7) is 11.5. The molecule has 1 fully saturated rings. The second-order valence-electron chi connectivity index (χ2n) is 12.9. The van der Waals surface area contributed by atoms with E-state index in [1.807, 2.05) is 58.0 Å². The average Bonchev–Trinajstić information content (AvgIpc) is 3.52. The van der Waals surface area contributed by atoms with Crippen molar-refractivity contribution in [2.45, 2.75) is 92.0 Å². The van der Waals surface area contributed by atoms with E-state index in [9.17, 15) is 28.5 Å². The maximum atomic E-state index is 14.0. The Bertz CT molecular complexity index is 1240. The van der Waals surface area contributed by atoms with Gasteiger partial charge in [0.25, 0.3) is 0 Å². The largest absolute Gasteiger partial charge is 0.445 e. The van der Waals surface area contributed by atoms with E-state index in [2.05, 4.69) is 21.3 Å². The van der Waals surface area contributed by atoms with Gasteiger partial charge in [-0.05, 0) is 56.9 Å². The van der Waals surface area contributed by atoms with Gasteiger partial charge in [0.2, 0.25) is 31.0 Å². The van der Waals surface area contributed by atoms with Gasteiger partial charge >= 0.3 is 6.09 Å².